The maximum absolute atomic E-state index is 6.41. The van der Waals surface area contributed by atoms with E-state index in [1.165, 1.54) is 12.8 Å². The van der Waals surface area contributed by atoms with Gasteiger partial charge in [-0.2, -0.15) is 0 Å². The third kappa shape index (κ3) is 2.80. The van der Waals surface area contributed by atoms with Crippen molar-refractivity contribution in [3.05, 3.63) is 22.7 Å². The number of ether oxygens (including phenoxy) is 2. The monoisotopic (exact) mass is 274 g/mol. The third-order valence-corrected chi connectivity index (χ3v) is 3.86. The second kappa shape index (κ2) is 5.36. The van der Waals surface area contributed by atoms with Gasteiger partial charge < -0.3 is 9.47 Å². The maximum atomic E-state index is 6.41. The van der Waals surface area contributed by atoms with Crippen LogP contribution in [0.3, 0.4) is 0 Å². The zero-order valence-corrected chi connectivity index (χ0v) is 11.5. The van der Waals surface area contributed by atoms with Gasteiger partial charge in [0, 0.05) is 5.56 Å². The lowest BCUT2D eigenvalue weighted by molar-refractivity contribution is 0.390. The number of benzene rings is 1. The maximum Gasteiger partial charge on any atom is 0.145 e. The molecular weight excluding hydrogens is 259 g/mol. The highest BCUT2D eigenvalue weighted by atomic mass is 35.5. The van der Waals surface area contributed by atoms with Gasteiger partial charge in [-0.15, -0.1) is 11.6 Å². The van der Waals surface area contributed by atoms with Crippen molar-refractivity contribution >= 4 is 23.2 Å². The fourth-order valence-corrected chi connectivity index (χ4v) is 2.69. The molecule has 1 saturated carbocycles. The van der Waals surface area contributed by atoms with Crippen LogP contribution in [-0.4, -0.2) is 14.2 Å². The quantitative estimate of drug-likeness (QED) is 0.740. The molecule has 1 aliphatic rings. The van der Waals surface area contributed by atoms with Gasteiger partial charge in [-0.3, -0.25) is 0 Å². The first-order chi connectivity index (χ1) is 8.17. The Morgan fingerprint density at radius 1 is 1.29 bits per heavy atom. The minimum atomic E-state index is -0.0409. The summed E-state index contributed by atoms with van der Waals surface area (Å²) in [5.74, 6) is 2.01. The van der Waals surface area contributed by atoms with Crippen LogP contribution < -0.4 is 9.47 Å². The van der Waals surface area contributed by atoms with E-state index in [9.17, 15) is 0 Å². The largest absolute Gasteiger partial charge is 0.495 e. The predicted molar refractivity (Wildman–Crippen MR) is 70.5 cm³/mol. The molecular formula is C13H16Cl2O2. The molecule has 1 aliphatic carbocycles. The van der Waals surface area contributed by atoms with Crippen molar-refractivity contribution in [1.82, 2.24) is 0 Å². The topological polar surface area (TPSA) is 18.5 Å². The van der Waals surface area contributed by atoms with E-state index in [0.29, 0.717) is 16.5 Å². The van der Waals surface area contributed by atoms with Crippen molar-refractivity contribution in [1.29, 1.82) is 0 Å². The lowest BCUT2D eigenvalue weighted by atomic mass is 10.1. The van der Waals surface area contributed by atoms with Gasteiger partial charge >= 0.3 is 0 Å². The highest BCUT2D eigenvalue weighted by Gasteiger charge is 2.27. The fourth-order valence-electron chi connectivity index (χ4n) is 1.94. The Balaban J connectivity index is 2.28. The van der Waals surface area contributed by atoms with Crippen molar-refractivity contribution in [2.45, 2.75) is 24.6 Å². The summed E-state index contributed by atoms with van der Waals surface area (Å²) in [4.78, 5) is 0. The van der Waals surface area contributed by atoms with Crippen molar-refractivity contribution in [2.75, 3.05) is 14.2 Å². The van der Waals surface area contributed by atoms with Crippen LogP contribution in [0, 0.1) is 5.92 Å². The number of rotatable bonds is 5. The van der Waals surface area contributed by atoms with Crippen molar-refractivity contribution < 1.29 is 9.47 Å². The van der Waals surface area contributed by atoms with Crippen LogP contribution in [0.1, 0.15) is 30.2 Å². The van der Waals surface area contributed by atoms with Crippen LogP contribution >= 0.6 is 23.2 Å². The van der Waals surface area contributed by atoms with Gasteiger partial charge in [0.15, 0.2) is 0 Å². The first-order valence-corrected chi connectivity index (χ1v) is 6.53. The number of methoxy groups -OCH3 is 2. The van der Waals surface area contributed by atoms with Crippen LogP contribution in [0.25, 0.3) is 0 Å². The van der Waals surface area contributed by atoms with Gasteiger partial charge in [0.25, 0.3) is 0 Å². The lowest BCUT2D eigenvalue weighted by Crippen LogP contribution is -1.99. The second-order valence-electron chi connectivity index (χ2n) is 4.35. The molecule has 1 unspecified atom stereocenters. The molecule has 94 valence electrons. The zero-order valence-electron chi connectivity index (χ0n) is 10.0. The number of halogens is 2. The second-order valence-corrected chi connectivity index (χ2v) is 5.26. The summed E-state index contributed by atoms with van der Waals surface area (Å²) >= 11 is 12.6. The van der Waals surface area contributed by atoms with E-state index in [0.717, 1.165) is 17.9 Å². The molecule has 0 N–H and O–H groups in total. The molecule has 1 aromatic rings. The van der Waals surface area contributed by atoms with E-state index in [2.05, 4.69) is 0 Å². The smallest absolute Gasteiger partial charge is 0.145 e. The van der Waals surface area contributed by atoms with Crippen LogP contribution in [-0.2, 0) is 0 Å². The molecule has 0 amide bonds. The van der Waals surface area contributed by atoms with E-state index >= 15 is 0 Å². The summed E-state index contributed by atoms with van der Waals surface area (Å²) < 4.78 is 10.5. The average molecular weight is 275 g/mol. The molecule has 0 radical (unpaired) electrons. The summed E-state index contributed by atoms with van der Waals surface area (Å²) in [5, 5.41) is 0.454. The van der Waals surface area contributed by atoms with Crippen molar-refractivity contribution in [3.8, 4) is 11.5 Å². The Hall–Kier alpha value is -0.600. The van der Waals surface area contributed by atoms with E-state index in [-0.39, 0.29) is 5.38 Å². The minimum Gasteiger partial charge on any atom is -0.495 e. The normalized spacial score (nSPS) is 16.7. The minimum absolute atomic E-state index is 0.0409. The van der Waals surface area contributed by atoms with Crippen LogP contribution in [0.2, 0.25) is 5.02 Å². The summed E-state index contributed by atoms with van der Waals surface area (Å²) in [6, 6.07) is 3.77. The predicted octanol–water partition coefficient (Wildman–Crippen LogP) is 4.44. The average Bonchev–Trinajstić information content (AvgIpc) is 3.12. The van der Waals surface area contributed by atoms with Crippen LogP contribution in [0.4, 0.5) is 0 Å². The molecule has 0 heterocycles. The zero-order chi connectivity index (χ0) is 12.4. The number of alkyl halides is 1. The highest BCUT2D eigenvalue weighted by molar-refractivity contribution is 6.34. The molecule has 2 nitrogen and oxygen atoms in total. The van der Waals surface area contributed by atoms with E-state index in [4.69, 9.17) is 32.7 Å². The van der Waals surface area contributed by atoms with Gasteiger partial charge in [-0.25, -0.2) is 0 Å². The third-order valence-electron chi connectivity index (χ3n) is 3.09. The molecule has 0 bridgehead atoms. The Kier molecular flexibility index (Phi) is 4.05. The van der Waals surface area contributed by atoms with Gasteiger partial charge in [-0.05, 0) is 18.4 Å². The molecule has 0 aromatic heterocycles. The van der Waals surface area contributed by atoms with E-state index in [1.54, 1.807) is 14.2 Å². The van der Waals surface area contributed by atoms with Crippen molar-refractivity contribution in [2.24, 2.45) is 5.92 Å². The summed E-state index contributed by atoms with van der Waals surface area (Å²) in [6.07, 6.45) is 3.56. The van der Waals surface area contributed by atoms with Gasteiger partial charge in [0.05, 0.1) is 19.6 Å². The Bertz CT molecular complexity index is 403. The molecule has 1 fully saturated rings. The molecule has 17 heavy (non-hydrogen) atoms. The van der Waals surface area contributed by atoms with Gasteiger partial charge in [0.2, 0.25) is 0 Å². The summed E-state index contributed by atoms with van der Waals surface area (Å²) in [5.41, 5.74) is 0.951. The first-order valence-electron chi connectivity index (χ1n) is 5.71. The molecule has 4 heteroatoms. The summed E-state index contributed by atoms with van der Waals surface area (Å²) in [6.45, 7) is 0. The molecule has 0 saturated heterocycles. The molecule has 2 rings (SSSR count). The van der Waals surface area contributed by atoms with Gasteiger partial charge in [0.1, 0.15) is 16.5 Å². The molecule has 0 aliphatic heterocycles. The fraction of sp³-hybridized carbons (Fsp3) is 0.538. The standard InChI is InChI=1S/C13H16Cl2O2/c1-16-11-6-5-9(13(17-2)12(11)15)10(14)7-8-3-4-8/h5-6,8,10H,3-4,7H2,1-2H3. The number of hydrogen-bond donors (Lipinski definition) is 0. The highest BCUT2D eigenvalue weighted by Crippen LogP contribution is 2.46. The first kappa shape index (κ1) is 12.8. The van der Waals surface area contributed by atoms with Crippen LogP contribution in [0.5, 0.6) is 11.5 Å². The Morgan fingerprint density at radius 3 is 2.53 bits per heavy atom. The molecule has 1 atom stereocenters. The molecule has 1 aromatic carbocycles. The SMILES string of the molecule is COc1ccc(C(Cl)CC2CC2)c(OC)c1Cl. The molecule has 0 spiro atoms. The van der Waals surface area contributed by atoms with Crippen LogP contribution in [0.15, 0.2) is 12.1 Å². The van der Waals surface area contributed by atoms with E-state index < -0.39 is 0 Å². The number of hydrogen-bond acceptors (Lipinski definition) is 2. The van der Waals surface area contributed by atoms with E-state index in [1.807, 2.05) is 12.1 Å². The Morgan fingerprint density at radius 2 is 2.00 bits per heavy atom. The summed E-state index contributed by atoms with van der Waals surface area (Å²) in [7, 11) is 3.19. The lowest BCUT2D eigenvalue weighted by Gasteiger charge is -2.16. The van der Waals surface area contributed by atoms with Gasteiger partial charge in [-0.1, -0.05) is 30.5 Å². The Labute approximate surface area is 112 Å². The van der Waals surface area contributed by atoms with Crippen molar-refractivity contribution in [3.63, 3.8) is 0 Å².